The van der Waals surface area contributed by atoms with E-state index in [4.69, 9.17) is 46.4 Å². The summed E-state index contributed by atoms with van der Waals surface area (Å²) in [5.74, 6) is 0.844. The summed E-state index contributed by atoms with van der Waals surface area (Å²) >= 11 is 26.2. The number of amides is 1. The Morgan fingerprint density at radius 1 is 0.879 bits per heavy atom. The molecule has 0 aliphatic heterocycles. The maximum Gasteiger partial charge on any atom is 0.253 e. The van der Waals surface area contributed by atoms with Crippen molar-refractivity contribution in [2.45, 2.75) is 17.5 Å². The monoisotopic (exact) mass is 536 g/mol. The Hall–Kier alpha value is -2.22. The normalized spacial score (nSPS) is 10.9. The first-order valence-electron chi connectivity index (χ1n) is 9.72. The number of nitrogens with one attached hydrogen (secondary N) is 1. The fourth-order valence-electron chi connectivity index (χ4n) is 3.06. The molecule has 0 aliphatic carbocycles. The van der Waals surface area contributed by atoms with E-state index >= 15 is 0 Å². The van der Waals surface area contributed by atoms with E-state index in [1.54, 1.807) is 30.3 Å². The highest BCUT2D eigenvalue weighted by Crippen LogP contribution is 2.31. The predicted octanol–water partition coefficient (Wildman–Crippen LogP) is 7.10. The molecule has 10 heteroatoms. The van der Waals surface area contributed by atoms with Crippen LogP contribution in [0.15, 0.2) is 71.9 Å². The number of benzene rings is 3. The van der Waals surface area contributed by atoms with Gasteiger partial charge in [-0.15, -0.1) is 10.2 Å². The molecular weight excluding hydrogens is 522 g/mol. The third-order valence-corrected chi connectivity index (χ3v) is 6.73. The summed E-state index contributed by atoms with van der Waals surface area (Å²) < 4.78 is 1.82. The smallest absolute Gasteiger partial charge is 0.253 e. The lowest BCUT2D eigenvalue weighted by Gasteiger charge is -2.13. The van der Waals surface area contributed by atoms with Crippen LogP contribution in [-0.2, 0) is 12.3 Å². The first-order chi connectivity index (χ1) is 15.9. The van der Waals surface area contributed by atoms with E-state index in [0.29, 0.717) is 43.1 Å². The van der Waals surface area contributed by atoms with Crippen LogP contribution in [0.4, 0.5) is 0 Å². The number of rotatable bonds is 7. The largest absolute Gasteiger partial charge is 0.345 e. The van der Waals surface area contributed by atoms with Crippen LogP contribution in [-0.4, -0.2) is 20.7 Å². The van der Waals surface area contributed by atoms with Gasteiger partial charge in [0, 0.05) is 15.8 Å². The molecule has 1 N–H and O–H groups in total. The summed E-state index contributed by atoms with van der Waals surface area (Å²) in [7, 11) is 0. The predicted molar refractivity (Wildman–Crippen MR) is 135 cm³/mol. The summed E-state index contributed by atoms with van der Waals surface area (Å²) in [4.78, 5) is 12.7. The summed E-state index contributed by atoms with van der Waals surface area (Å²) in [5.41, 5.74) is 2.12. The van der Waals surface area contributed by atoms with E-state index < -0.39 is 0 Å². The minimum Gasteiger partial charge on any atom is -0.345 e. The molecule has 0 aliphatic rings. The maximum absolute atomic E-state index is 12.7. The lowest BCUT2D eigenvalue weighted by Crippen LogP contribution is -2.25. The van der Waals surface area contributed by atoms with Crippen molar-refractivity contribution in [1.29, 1.82) is 0 Å². The highest BCUT2D eigenvalue weighted by atomic mass is 35.5. The molecule has 1 amide bonds. The summed E-state index contributed by atoms with van der Waals surface area (Å²) in [6, 6.07) is 19.9. The molecule has 4 rings (SSSR count). The van der Waals surface area contributed by atoms with Gasteiger partial charge < -0.3 is 5.32 Å². The second-order valence-electron chi connectivity index (χ2n) is 6.91. The van der Waals surface area contributed by atoms with Gasteiger partial charge in [0.2, 0.25) is 0 Å². The molecule has 1 aromatic heterocycles. The number of aromatic nitrogens is 3. The molecule has 0 unspecified atom stereocenters. The van der Waals surface area contributed by atoms with Crippen LogP contribution in [0.25, 0.3) is 5.69 Å². The van der Waals surface area contributed by atoms with Crippen molar-refractivity contribution in [1.82, 2.24) is 20.1 Å². The fraction of sp³-hybridized carbons (Fsp3) is 0.0870. The highest BCUT2D eigenvalue weighted by Gasteiger charge is 2.19. The van der Waals surface area contributed by atoms with Gasteiger partial charge >= 0.3 is 0 Å². The van der Waals surface area contributed by atoms with Crippen LogP contribution in [0, 0.1) is 0 Å². The van der Waals surface area contributed by atoms with Crippen LogP contribution < -0.4 is 5.32 Å². The van der Waals surface area contributed by atoms with Gasteiger partial charge in [0.15, 0.2) is 11.0 Å². The molecule has 1 heterocycles. The van der Waals surface area contributed by atoms with Crippen LogP contribution in [0.5, 0.6) is 0 Å². The van der Waals surface area contributed by atoms with E-state index in [-0.39, 0.29) is 17.5 Å². The molecule has 0 saturated heterocycles. The highest BCUT2D eigenvalue weighted by molar-refractivity contribution is 7.98. The van der Waals surface area contributed by atoms with Gasteiger partial charge in [-0.1, -0.05) is 88.5 Å². The lowest BCUT2D eigenvalue weighted by atomic mass is 10.2. The van der Waals surface area contributed by atoms with Gasteiger partial charge in [-0.25, -0.2) is 0 Å². The Morgan fingerprint density at radius 2 is 1.58 bits per heavy atom. The molecular formula is C23H16Cl4N4OS. The van der Waals surface area contributed by atoms with Gasteiger partial charge in [0.1, 0.15) is 0 Å². The molecule has 0 spiro atoms. The molecule has 0 bridgehead atoms. The zero-order valence-corrected chi connectivity index (χ0v) is 20.8. The van der Waals surface area contributed by atoms with Crippen molar-refractivity contribution in [3.05, 3.63) is 104 Å². The van der Waals surface area contributed by atoms with Crippen LogP contribution >= 0.6 is 58.2 Å². The first kappa shape index (κ1) is 23.9. The Bertz CT molecular complexity index is 1300. The number of carbonyl (C=O) groups excluding carboxylic acids is 1. The molecule has 0 saturated carbocycles. The summed E-state index contributed by atoms with van der Waals surface area (Å²) in [6.07, 6.45) is 0. The van der Waals surface area contributed by atoms with E-state index in [1.807, 2.05) is 34.9 Å². The van der Waals surface area contributed by atoms with Gasteiger partial charge in [0.25, 0.3) is 5.91 Å². The zero-order valence-electron chi connectivity index (χ0n) is 16.9. The van der Waals surface area contributed by atoms with Crippen molar-refractivity contribution in [3.8, 4) is 5.69 Å². The number of hydrogen-bond acceptors (Lipinski definition) is 4. The Kier molecular flexibility index (Phi) is 7.83. The van der Waals surface area contributed by atoms with Crippen molar-refractivity contribution in [2.75, 3.05) is 0 Å². The van der Waals surface area contributed by atoms with E-state index in [2.05, 4.69) is 15.5 Å². The first-order valence-corrected chi connectivity index (χ1v) is 12.2. The van der Waals surface area contributed by atoms with E-state index in [9.17, 15) is 4.79 Å². The molecule has 0 atom stereocenters. The number of carbonyl (C=O) groups is 1. The lowest BCUT2D eigenvalue weighted by molar-refractivity contribution is 0.0950. The third-order valence-electron chi connectivity index (χ3n) is 4.64. The SMILES string of the molecule is O=C(NCc1nnc(SCc2ccccc2)n1-c1ccc(Cl)cc1Cl)c1ccc(Cl)cc1Cl. The van der Waals surface area contributed by atoms with Gasteiger partial charge in [-0.05, 0) is 42.0 Å². The summed E-state index contributed by atoms with van der Waals surface area (Å²) in [5, 5.41) is 13.8. The Balaban J connectivity index is 1.61. The zero-order chi connectivity index (χ0) is 23.4. The van der Waals surface area contributed by atoms with Gasteiger partial charge in [-0.2, -0.15) is 0 Å². The molecule has 3 aromatic carbocycles. The minimum atomic E-state index is -0.355. The molecule has 168 valence electrons. The average molecular weight is 538 g/mol. The number of hydrogen-bond donors (Lipinski definition) is 1. The molecule has 33 heavy (non-hydrogen) atoms. The van der Waals surface area contributed by atoms with Gasteiger partial charge in [0.05, 0.1) is 27.8 Å². The number of thioether (sulfide) groups is 1. The molecule has 4 aromatic rings. The third kappa shape index (κ3) is 5.83. The van der Waals surface area contributed by atoms with Crippen molar-refractivity contribution in [2.24, 2.45) is 0 Å². The van der Waals surface area contributed by atoms with Crippen LogP contribution in [0.3, 0.4) is 0 Å². The summed E-state index contributed by atoms with van der Waals surface area (Å²) in [6.45, 7) is 0.107. The number of halogens is 4. The van der Waals surface area contributed by atoms with Crippen LogP contribution in [0.1, 0.15) is 21.7 Å². The second-order valence-corrected chi connectivity index (χ2v) is 9.54. The van der Waals surface area contributed by atoms with Gasteiger partial charge in [-0.3, -0.25) is 9.36 Å². The second kappa shape index (κ2) is 10.8. The fourth-order valence-corrected chi connectivity index (χ4v) is 4.97. The Morgan fingerprint density at radius 3 is 2.27 bits per heavy atom. The topological polar surface area (TPSA) is 59.8 Å². The molecule has 5 nitrogen and oxygen atoms in total. The quantitative estimate of drug-likeness (QED) is 0.255. The van der Waals surface area contributed by atoms with Crippen LogP contribution in [0.2, 0.25) is 20.1 Å². The van der Waals surface area contributed by atoms with Crippen molar-refractivity contribution < 1.29 is 4.79 Å². The minimum absolute atomic E-state index is 0.107. The average Bonchev–Trinajstić information content (AvgIpc) is 3.19. The number of nitrogens with zero attached hydrogens (tertiary/aromatic N) is 3. The van der Waals surface area contributed by atoms with E-state index in [0.717, 1.165) is 5.56 Å². The van der Waals surface area contributed by atoms with Crippen molar-refractivity contribution >= 4 is 64.1 Å². The molecule has 0 radical (unpaired) electrons. The van der Waals surface area contributed by atoms with E-state index in [1.165, 1.54) is 17.8 Å². The van der Waals surface area contributed by atoms with Crippen molar-refractivity contribution in [3.63, 3.8) is 0 Å². The maximum atomic E-state index is 12.7. The standard InChI is InChI=1S/C23H16Cl4N4OS/c24-15-6-8-17(18(26)10-15)22(32)28-12-21-29-30-23(33-13-14-4-2-1-3-5-14)31(21)20-9-7-16(25)11-19(20)27/h1-11H,12-13H2,(H,28,32). The molecule has 0 fully saturated rings. The Labute approximate surface area is 215 Å².